The third-order valence-electron chi connectivity index (χ3n) is 11.2. The number of allylic oxidation sites excluding steroid dienone is 1. The summed E-state index contributed by atoms with van der Waals surface area (Å²) in [5.74, 6) is -3.92. The lowest BCUT2D eigenvalue weighted by Crippen LogP contribution is -2.55. The van der Waals surface area contributed by atoms with Gasteiger partial charge in [0.25, 0.3) is 0 Å². The molecule has 0 saturated heterocycles. The highest BCUT2D eigenvalue weighted by atomic mass is 31.2. The molecule has 0 spiro atoms. The van der Waals surface area contributed by atoms with Crippen molar-refractivity contribution in [2.75, 3.05) is 18.5 Å². The fraction of sp³-hybridized carbons (Fsp3) is 0.319. The summed E-state index contributed by atoms with van der Waals surface area (Å²) in [7, 11) is -5.65. The maximum atomic E-state index is 16.3. The molecular weight excluding hydrogens is 866 g/mol. The predicted octanol–water partition coefficient (Wildman–Crippen LogP) is 6.77. The molecule has 0 saturated carbocycles. The van der Waals surface area contributed by atoms with Crippen molar-refractivity contribution in [2.45, 2.75) is 83.6 Å². The van der Waals surface area contributed by atoms with Crippen molar-refractivity contribution < 1.29 is 60.6 Å². The monoisotopic (exact) mass is 914 g/mol. The molecule has 2 unspecified atom stereocenters. The molecule has 18 heteroatoms. The minimum Gasteiger partial charge on any atom is -0.434 e. The van der Waals surface area contributed by atoms with Crippen LogP contribution in [-0.2, 0) is 60.8 Å². The van der Waals surface area contributed by atoms with Crippen molar-refractivity contribution in [2.24, 2.45) is 5.73 Å². The Morgan fingerprint density at radius 2 is 1.43 bits per heavy atom. The summed E-state index contributed by atoms with van der Waals surface area (Å²) >= 11 is 0. The molecule has 342 valence electrons. The number of primary amides is 1. The lowest BCUT2D eigenvalue weighted by Gasteiger charge is -2.28. The minimum atomic E-state index is -5.65. The number of esters is 2. The van der Waals surface area contributed by atoms with Crippen LogP contribution in [0.25, 0.3) is 5.57 Å². The largest absolute Gasteiger partial charge is 0.434 e. The van der Waals surface area contributed by atoms with Gasteiger partial charge in [0.2, 0.25) is 37.2 Å². The molecule has 4 amide bonds. The molecule has 0 fully saturated rings. The maximum Gasteiger partial charge on any atom is 0.410 e. The fourth-order valence-corrected chi connectivity index (χ4v) is 8.83. The van der Waals surface area contributed by atoms with Gasteiger partial charge in [-0.15, -0.1) is 0 Å². The number of halogens is 2. The summed E-state index contributed by atoms with van der Waals surface area (Å²) in [5, 5.41) is 5.62. The third-order valence-corrected chi connectivity index (χ3v) is 13.0. The number of alkyl halides is 2. The quantitative estimate of drug-likeness (QED) is 0.0411. The number of amides is 4. The van der Waals surface area contributed by atoms with Crippen LogP contribution >= 0.6 is 7.60 Å². The molecule has 15 nitrogen and oxygen atoms in total. The molecule has 6 rings (SSSR count). The molecule has 2 aliphatic rings. The summed E-state index contributed by atoms with van der Waals surface area (Å²) in [6, 6.07) is 20.3. The van der Waals surface area contributed by atoms with Crippen molar-refractivity contribution >= 4 is 54.4 Å². The highest BCUT2D eigenvalue weighted by Crippen LogP contribution is 2.67. The van der Waals surface area contributed by atoms with E-state index in [-0.39, 0.29) is 30.4 Å². The molecule has 4 N–H and O–H groups in total. The first-order chi connectivity index (χ1) is 30.9. The zero-order valence-corrected chi connectivity index (χ0v) is 37.0. The van der Waals surface area contributed by atoms with Crippen LogP contribution in [0.1, 0.15) is 87.2 Å². The topological polar surface area (TPSA) is 210 Å². The van der Waals surface area contributed by atoms with E-state index in [0.29, 0.717) is 40.8 Å². The van der Waals surface area contributed by atoms with E-state index in [1.807, 2.05) is 18.2 Å². The summed E-state index contributed by atoms with van der Waals surface area (Å²) < 4.78 is 66.7. The van der Waals surface area contributed by atoms with Crippen LogP contribution in [-0.4, -0.2) is 67.3 Å². The maximum absolute atomic E-state index is 16.3. The molecule has 65 heavy (non-hydrogen) atoms. The number of nitrogens with two attached hydrogens (primary N) is 1. The zero-order chi connectivity index (χ0) is 47.1. The van der Waals surface area contributed by atoms with E-state index in [1.54, 1.807) is 64.1 Å². The van der Waals surface area contributed by atoms with E-state index in [0.717, 1.165) is 23.3 Å². The van der Waals surface area contributed by atoms with Gasteiger partial charge in [0.05, 0.1) is 16.8 Å². The highest BCUT2D eigenvalue weighted by molar-refractivity contribution is 7.54. The first kappa shape index (κ1) is 47.9. The number of anilines is 1. The van der Waals surface area contributed by atoms with Gasteiger partial charge in [0.1, 0.15) is 12.1 Å². The van der Waals surface area contributed by atoms with Crippen LogP contribution in [0.3, 0.4) is 0 Å². The second-order valence-corrected chi connectivity index (χ2v) is 17.9. The van der Waals surface area contributed by atoms with Gasteiger partial charge < -0.3 is 25.8 Å². The highest BCUT2D eigenvalue weighted by Gasteiger charge is 2.56. The van der Waals surface area contributed by atoms with Crippen molar-refractivity contribution in [3.8, 4) is 0 Å². The normalized spacial score (nSPS) is 16.5. The minimum absolute atomic E-state index is 0.0774. The fourth-order valence-electron chi connectivity index (χ4n) is 7.59. The van der Waals surface area contributed by atoms with Crippen molar-refractivity contribution in [3.63, 3.8) is 0 Å². The number of para-hydroxylation sites is 1. The molecule has 3 atom stereocenters. The molecule has 2 heterocycles. The number of benzene rings is 4. The number of hydrogen-bond acceptors (Lipinski definition) is 11. The van der Waals surface area contributed by atoms with Gasteiger partial charge >= 0.3 is 25.2 Å². The number of aryl methyl sites for hydroxylation is 3. The van der Waals surface area contributed by atoms with Crippen LogP contribution in [0.4, 0.5) is 14.5 Å². The number of carbonyl (C=O) groups is 6. The summed E-state index contributed by atoms with van der Waals surface area (Å²) in [5.41, 5.74) is 4.25. The average Bonchev–Trinajstić information content (AvgIpc) is 3.61. The molecule has 4 aromatic carbocycles. The molecular formula is C47H49F2N4O11P. The molecule has 2 aliphatic heterocycles. The predicted molar refractivity (Wildman–Crippen MR) is 234 cm³/mol. The first-order valence-corrected chi connectivity index (χ1v) is 22.3. The van der Waals surface area contributed by atoms with Gasteiger partial charge in [0.15, 0.2) is 0 Å². The molecule has 0 aliphatic carbocycles. The van der Waals surface area contributed by atoms with E-state index < -0.39 is 86.1 Å². The van der Waals surface area contributed by atoms with E-state index in [4.69, 9.17) is 24.3 Å². The van der Waals surface area contributed by atoms with Gasteiger partial charge in [0, 0.05) is 30.5 Å². The Morgan fingerprint density at radius 1 is 0.862 bits per heavy atom. The molecule has 0 radical (unpaired) electrons. The van der Waals surface area contributed by atoms with Crippen molar-refractivity contribution in [3.05, 3.63) is 142 Å². The van der Waals surface area contributed by atoms with Gasteiger partial charge in [-0.2, -0.15) is 8.78 Å². The number of carbonyl (C=O) groups excluding carboxylic acids is 6. The van der Waals surface area contributed by atoms with Crippen molar-refractivity contribution in [1.82, 2.24) is 10.6 Å². The number of ether oxygens (including phenoxy) is 2. The standard InChI is InChI=1S/C47H49F2N4O11P/c1-28-10-5-7-14-36(28)45(58)61-26-63-65(60,64-27-62-46(59)37-15-8-6-11-29(37)2)47(48,49)35-20-17-32(18-21-35)30(3)24-41(55)52-38-22-19-33-12-9-13-34-25-39(53(42(33)34)44(38)57)43(56)51-31(4)16-23-40(50)54/h5-15,17-18,20-21,24,31,38-39H,16,19,22-23,25-27H2,1-4H3,(H2,50,54)(H,51,56)(H,52,55)/b30-24+/t31?,38-,39?/m0/s1. The zero-order valence-electron chi connectivity index (χ0n) is 36.1. The number of nitrogens with zero attached hydrogens (tertiary/aromatic N) is 1. The van der Waals surface area contributed by atoms with Crippen LogP contribution in [0.15, 0.2) is 97.1 Å². The van der Waals surface area contributed by atoms with Gasteiger partial charge in [-0.25, -0.2) is 9.59 Å². The third kappa shape index (κ3) is 11.0. The Morgan fingerprint density at radius 3 is 2.00 bits per heavy atom. The average molecular weight is 915 g/mol. The van der Waals surface area contributed by atoms with E-state index in [2.05, 4.69) is 10.6 Å². The van der Waals surface area contributed by atoms with Crippen LogP contribution in [0.2, 0.25) is 0 Å². The second kappa shape index (κ2) is 20.5. The number of rotatable bonds is 18. The summed E-state index contributed by atoms with van der Waals surface area (Å²) in [6.07, 6.45) is 2.52. The summed E-state index contributed by atoms with van der Waals surface area (Å²) in [4.78, 5) is 79.2. The van der Waals surface area contributed by atoms with E-state index in [9.17, 15) is 33.3 Å². The van der Waals surface area contributed by atoms with Crippen LogP contribution in [0, 0.1) is 13.8 Å². The Balaban J connectivity index is 1.15. The van der Waals surface area contributed by atoms with E-state index >= 15 is 8.78 Å². The van der Waals surface area contributed by atoms with Crippen LogP contribution in [0.5, 0.6) is 0 Å². The number of nitrogens with one attached hydrogen (secondary N) is 2. The molecule has 4 aromatic rings. The number of hydrogen-bond donors (Lipinski definition) is 3. The molecule has 0 aromatic heterocycles. The van der Waals surface area contributed by atoms with E-state index in [1.165, 1.54) is 35.2 Å². The Hall–Kier alpha value is -6.55. The Labute approximate surface area is 374 Å². The second-order valence-electron chi connectivity index (χ2n) is 15.8. The van der Waals surface area contributed by atoms with Gasteiger partial charge in [-0.3, -0.25) is 37.7 Å². The Bertz CT molecular complexity index is 2500. The van der Waals surface area contributed by atoms with Gasteiger partial charge in [-0.1, -0.05) is 78.9 Å². The lowest BCUT2D eigenvalue weighted by molar-refractivity contribution is -0.128. The Kier molecular flexibility index (Phi) is 15.1. The molecule has 0 bridgehead atoms. The smallest absolute Gasteiger partial charge is 0.410 e. The van der Waals surface area contributed by atoms with Crippen molar-refractivity contribution in [1.29, 1.82) is 0 Å². The SMILES string of the molecule is C/C(=C\C(=O)N[C@H]1CCc2cccc3c2N(C1=O)C(C(=O)NC(C)CCC(N)=O)C3)c1ccc(C(F)(F)P(=O)(OCOC(=O)c2ccccc2C)OCOC(=O)c2ccccc2C)cc1. The summed E-state index contributed by atoms with van der Waals surface area (Å²) in [6.45, 7) is 4.14. The van der Waals surface area contributed by atoms with Gasteiger partial charge in [-0.05, 0) is 92.5 Å². The lowest BCUT2D eigenvalue weighted by atomic mass is 10.0. The first-order valence-electron chi connectivity index (χ1n) is 20.7. The van der Waals surface area contributed by atoms with Crippen LogP contribution < -0.4 is 21.3 Å².